The molecule has 94 heavy (non-hydrogen) atoms. The molecule has 2 aliphatic rings. The number of hydrogen-bond donors (Lipinski definition) is 7. The van der Waals surface area contributed by atoms with Crippen molar-refractivity contribution < 1.29 is 38.5 Å². The third-order valence-electron chi connectivity index (χ3n) is 17.0. The SMILES string of the molecule is CCC(CC)NC(=O)Nc1ccc(Oc2ccc(NC(=O)c3ccc(-n4ccc(CN5CCC(O)CC5)c4)cc3)cc2C)c(OC)c1.CCC(CC)NC(=O)Nc1ccc(Oc2cnc(NC(=O)c3ccc(-n4cc(CN5CCCCC5)c5ccccc54)cc3)s2)c(Cl)c1. The number of amides is 6. The number of hydrogen-bond acceptors (Lipinski definition) is 12. The molecule has 2 saturated heterocycles. The van der Waals surface area contributed by atoms with Crippen molar-refractivity contribution in [1.29, 1.82) is 0 Å². The Kier molecular flexibility index (Phi) is 23.5. The largest absolute Gasteiger partial charge is 0.493 e. The summed E-state index contributed by atoms with van der Waals surface area (Å²) in [6.07, 6.45) is 16.7. The number of nitrogens with one attached hydrogen (secondary N) is 6. The van der Waals surface area contributed by atoms with E-state index in [-0.39, 0.29) is 42.1 Å². The number of aliphatic hydroxyl groups is 1. The molecule has 11 rings (SSSR count). The van der Waals surface area contributed by atoms with Crippen LogP contribution in [0, 0.1) is 6.92 Å². The first-order chi connectivity index (χ1) is 45.6. The first-order valence-electron chi connectivity index (χ1n) is 32.4. The number of benzene rings is 6. The number of para-hydroxylation sites is 1. The number of aromatic nitrogens is 3. The molecule has 0 aliphatic carbocycles. The van der Waals surface area contributed by atoms with Gasteiger partial charge in [-0.2, -0.15) is 0 Å². The van der Waals surface area contributed by atoms with Crippen molar-refractivity contribution in [2.45, 2.75) is 124 Å². The van der Waals surface area contributed by atoms with E-state index in [1.807, 2.05) is 95.4 Å². The molecular weight excluding hydrogens is 1230 g/mol. The first kappa shape index (κ1) is 67.7. The summed E-state index contributed by atoms with van der Waals surface area (Å²) in [7, 11) is 1.55. The van der Waals surface area contributed by atoms with Crippen LogP contribution in [-0.2, 0) is 13.1 Å². The fourth-order valence-electron chi connectivity index (χ4n) is 11.5. The molecule has 2 aliphatic heterocycles. The van der Waals surface area contributed by atoms with Crippen molar-refractivity contribution in [3.63, 3.8) is 0 Å². The number of nitrogens with zero attached hydrogens (tertiary/aromatic N) is 5. The molecule has 0 atom stereocenters. The zero-order valence-electron chi connectivity index (χ0n) is 54.2. The van der Waals surface area contributed by atoms with E-state index in [2.05, 4.69) is 98.5 Å². The Morgan fingerprint density at radius 3 is 1.83 bits per heavy atom. The van der Waals surface area contributed by atoms with E-state index in [1.165, 1.54) is 53.3 Å². The monoisotopic (exact) mass is 1310 g/mol. The van der Waals surface area contributed by atoms with E-state index in [0.29, 0.717) is 66.4 Å². The van der Waals surface area contributed by atoms with Crippen molar-refractivity contribution in [3.8, 4) is 39.4 Å². The lowest BCUT2D eigenvalue weighted by molar-refractivity contribution is 0.0792. The van der Waals surface area contributed by atoms with Gasteiger partial charge in [0.15, 0.2) is 16.6 Å². The summed E-state index contributed by atoms with van der Waals surface area (Å²) in [6.45, 7) is 16.0. The van der Waals surface area contributed by atoms with Crippen LogP contribution in [0.2, 0.25) is 5.02 Å². The predicted molar refractivity (Wildman–Crippen MR) is 376 cm³/mol. The van der Waals surface area contributed by atoms with E-state index in [4.69, 9.17) is 25.8 Å². The number of rotatable bonds is 23. The van der Waals surface area contributed by atoms with E-state index < -0.39 is 0 Å². The highest BCUT2D eigenvalue weighted by atomic mass is 35.5. The van der Waals surface area contributed by atoms with Crippen LogP contribution >= 0.6 is 22.9 Å². The van der Waals surface area contributed by atoms with Gasteiger partial charge in [0.2, 0.25) is 5.06 Å². The van der Waals surface area contributed by atoms with Gasteiger partial charge in [0, 0.05) is 108 Å². The van der Waals surface area contributed by atoms with Crippen molar-refractivity contribution in [3.05, 3.63) is 191 Å². The number of halogens is 1. The Balaban J connectivity index is 0.000000205. The molecule has 0 spiro atoms. The standard InChI is InChI=1S/C37H45N5O5.C36H39ClN6O3S/c1-5-28(6-2)39-37(45)40-30-10-14-34(35(22-30)46-4)47-33-13-9-29(21-25(33)3)38-36(44)27-7-11-31(12-8-27)42-20-15-26(24-42)23-41-18-16-32(43)17-19-41;1-3-26(4-2)39-35(45)40-27-14-17-32(30(37)20-27)46-33-21-38-36(47-33)41-34(44)24-12-15-28(16-13-24)43-23-25(22-42-18-8-5-9-19-42)29-10-6-7-11-31(29)43/h7-15,20-22,24,28,32,43H,5-6,16-19,23H2,1-4H3,(H,38,44)(H2,39,40,45);6-7,10-17,20-21,23,26H,3-5,8-9,18-19,22H2,1-2H3,(H,38,41,44)(H2,39,40,45). The summed E-state index contributed by atoms with van der Waals surface area (Å²) in [6, 6.07) is 41.1. The minimum atomic E-state index is -0.281. The third kappa shape index (κ3) is 18.1. The topological polar surface area (TPSA) is 218 Å². The lowest BCUT2D eigenvalue weighted by Crippen LogP contribution is -2.37. The molecule has 6 aromatic carbocycles. The second-order valence-corrected chi connectivity index (χ2v) is 25.1. The highest BCUT2D eigenvalue weighted by Gasteiger charge is 2.21. The maximum Gasteiger partial charge on any atom is 0.319 e. The molecule has 0 bridgehead atoms. The highest BCUT2D eigenvalue weighted by molar-refractivity contribution is 7.17. The summed E-state index contributed by atoms with van der Waals surface area (Å²) >= 11 is 7.64. The number of likely N-dealkylation sites (tertiary alicyclic amines) is 2. The number of urea groups is 2. The minimum Gasteiger partial charge on any atom is -0.493 e. The summed E-state index contributed by atoms with van der Waals surface area (Å²) in [5, 5.41) is 29.6. The van der Waals surface area contributed by atoms with Crippen molar-refractivity contribution in [1.82, 2.24) is 34.6 Å². The molecule has 0 saturated carbocycles. The van der Waals surface area contributed by atoms with Crippen LogP contribution in [-0.4, -0.2) is 104 Å². The lowest BCUT2D eigenvalue weighted by Gasteiger charge is -2.29. The molecule has 6 amide bonds. The number of piperidine rings is 2. The minimum absolute atomic E-state index is 0.113. The zero-order chi connectivity index (χ0) is 66.1. The van der Waals surface area contributed by atoms with Gasteiger partial charge in [-0.05, 0) is 197 Å². The van der Waals surface area contributed by atoms with Crippen molar-refractivity contribution in [2.75, 3.05) is 54.6 Å². The van der Waals surface area contributed by atoms with Gasteiger partial charge in [-0.3, -0.25) is 24.7 Å². The van der Waals surface area contributed by atoms with Gasteiger partial charge >= 0.3 is 12.1 Å². The molecule has 492 valence electrons. The number of aliphatic hydroxyl groups excluding tert-OH is 1. The summed E-state index contributed by atoms with van der Waals surface area (Å²) in [5.41, 5.74) is 9.37. The van der Waals surface area contributed by atoms with Gasteiger partial charge in [-0.15, -0.1) is 0 Å². The average Bonchev–Trinajstić information content (AvgIpc) is 1.86. The Morgan fingerprint density at radius 1 is 0.617 bits per heavy atom. The molecule has 21 heteroatoms. The average molecular weight is 1310 g/mol. The van der Waals surface area contributed by atoms with Crippen LogP contribution in [0.3, 0.4) is 0 Å². The highest BCUT2D eigenvalue weighted by Crippen LogP contribution is 2.38. The number of carbonyl (C=O) groups is 4. The van der Waals surface area contributed by atoms with E-state index in [9.17, 15) is 24.3 Å². The normalized spacial score (nSPS) is 13.6. The van der Waals surface area contributed by atoms with Gasteiger partial charge < -0.3 is 55.0 Å². The Bertz CT molecular complexity index is 4020. The first-order valence-corrected chi connectivity index (χ1v) is 33.6. The maximum absolute atomic E-state index is 13.1. The van der Waals surface area contributed by atoms with Crippen LogP contribution in [0.5, 0.6) is 28.1 Å². The zero-order valence-corrected chi connectivity index (χ0v) is 55.7. The van der Waals surface area contributed by atoms with Crippen LogP contribution < -0.4 is 46.1 Å². The lowest BCUT2D eigenvalue weighted by atomic mass is 10.1. The molecule has 0 unspecified atom stereocenters. The number of thiazole rings is 1. The number of carbonyl (C=O) groups excluding carboxylic acids is 4. The Morgan fingerprint density at radius 2 is 1.20 bits per heavy atom. The predicted octanol–water partition coefficient (Wildman–Crippen LogP) is 16.2. The fourth-order valence-corrected chi connectivity index (χ4v) is 12.4. The van der Waals surface area contributed by atoms with E-state index in [1.54, 1.807) is 55.6 Å². The molecule has 2 fully saturated rings. The molecule has 9 aromatic rings. The molecular formula is C73H84ClN11O8S. The summed E-state index contributed by atoms with van der Waals surface area (Å²) in [5.74, 6) is 1.53. The molecule has 19 nitrogen and oxygen atoms in total. The van der Waals surface area contributed by atoms with Crippen LogP contribution in [0.4, 0.5) is 31.8 Å². The maximum atomic E-state index is 13.1. The molecule has 7 N–H and O–H groups in total. The van der Waals surface area contributed by atoms with E-state index in [0.717, 1.165) is 100 Å². The van der Waals surface area contributed by atoms with Gasteiger partial charge in [-0.25, -0.2) is 14.6 Å². The van der Waals surface area contributed by atoms with Gasteiger partial charge in [0.1, 0.15) is 11.5 Å². The van der Waals surface area contributed by atoms with Crippen molar-refractivity contribution in [2.24, 2.45) is 0 Å². The molecule has 5 heterocycles. The number of ether oxygens (including phenoxy) is 3. The van der Waals surface area contributed by atoms with Crippen LogP contribution in [0.15, 0.2) is 158 Å². The summed E-state index contributed by atoms with van der Waals surface area (Å²) < 4.78 is 21.9. The second-order valence-electron chi connectivity index (χ2n) is 23.7. The Hall–Kier alpha value is -9.18. The van der Waals surface area contributed by atoms with Gasteiger partial charge in [0.05, 0.1) is 29.9 Å². The Labute approximate surface area is 558 Å². The molecule has 3 aromatic heterocycles. The number of fused-ring (bicyclic) bond motifs is 1. The number of aryl methyl sites for hydroxylation is 1. The molecule has 0 radical (unpaired) electrons. The summed E-state index contributed by atoms with van der Waals surface area (Å²) in [4.78, 5) is 60.0. The van der Waals surface area contributed by atoms with E-state index >= 15 is 0 Å². The van der Waals surface area contributed by atoms with Crippen molar-refractivity contribution >= 4 is 79.9 Å². The fraction of sp³-hybridized carbons (Fsp3) is 0.329. The van der Waals surface area contributed by atoms with Gasteiger partial charge in [0.25, 0.3) is 11.8 Å². The van der Waals surface area contributed by atoms with Crippen LogP contribution in [0.1, 0.15) is 123 Å². The number of methoxy groups -OCH3 is 1. The third-order valence-corrected chi connectivity index (χ3v) is 18.1. The van der Waals surface area contributed by atoms with Crippen LogP contribution in [0.25, 0.3) is 22.3 Å². The second kappa shape index (κ2) is 32.6. The van der Waals surface area contributed by atoms with Gasteiger partial charge in [-0.1, -0.05) is 75.3 Å². The number of anilines is 4. The smallest absolute Gasteiger partial charge is 0.319 e. The quantitative estimate of drug-likeness (QED) is 0.0320.